The Morgan fingerprint density at radius 3 is 2.63 bits per heavy atom. The first-order valence-corrected chi connectivity index (χ1v) is 13.4. The van der Waals surface area contributed by atoms with Crippen molar-refractivity contribution in [3.63, 3.8) is 0 Å². The van der Waals surface area contributed by atoms with Crippen LogP contribution in [0.15, 0.2) is 82.3 Å². The summed E-state index contributed by atoms with van der Waals surface area (Å²) in [5.41, 5.74) is 6.05. The summed E-state index contributed by atoms with van der Waals surface area (Å²) in [4.78, 5) is 33.6. The predicted octanol–water partition coefficient (Wildman–Crippen LogP) is 5.39. The number of hydrogen-bond donors (Lipinski definition) is 0. The van der Waals surface area contributed by atoms with E-state index >= 15 is 0 Å². The van der Waals surface area contributed by atoms with Gasteiger partial charge in [0.15, 0.2) is 0 Å². The molecule has 0 fully saturated rings. The lowest BCUT2D eigenvalue weighted by molar-refractivity contribution is 0.0729. The van der Waals surface area contributed by atoms with Crippen molar-refractivity contribution >= 4 is 39.1 Å². The Hall–Kier alpha value is -3.75. The molecule has 0 unspecified atom stereocenters. The van der Waals surface area contributed by atoms with E-state index in [9.17, 15) is 9.59 Å². The second-order valence-corrected chi connectivity index (χ2v) is 10.7. The number of aromatic nitrogens is 4. The quantitative estimate of drug-likeness (QED) is 0.282. The van der Waals surface area contributed by atoms with Gasteiger partial charge in [0.25, 0.3) is 11.5 Å². The molecule has 1 amide bonds. The zero-order valence-electron chi connectivity index (χ0n) is 20.6. The fraction of sp³-hybridized carbons (Fsp3) is 0.172. The van der Waals surface area contributed by atoms with Crippen molar-refractivity contribution in [3.05, 3.63) is 127 Å². The van der Waals surface area contributed by atoms with E-state index in [1.807, 2.05) is 48.0 Å². The maximum absolute atomic E-state index is 14.0. The first kappa shape index (κ1) is 24.6. The van der Waals surface area contributed by atoms with E-state index in [0.29, 0.717) is 46.9 Å². The summed E-state index contributed by atoms with van der Waals surface area (Å²) in [6.45, 7) is 2.61. The molecule has 0 radical (unpaired) electrons. The molecule has 1 aliphatic heterocycles. The minimum absolute atomic E-state index is 0.105. The second-order valence-electron chi connectivity index (χ2n) is 9.40. The van der Waals surface area contributed by atoms with Gasteiger partial charge in [-0.2, -0.15) is 5.10 Å². The number of halogens is 2. The van der Waals surface area contributed by atoms with Gasteiger partial charge in [-0.1, -0.05) is 41.9 Å². The molecule has 6 rings (SSSR count). The fourth-order valence-corrected chi connectivity index (χ4v) is 5.40. The highest BCUT2D eigenvalue weighted by Crippen LogP contribution is 2.27. The topological polar surface area (TPSA) is 72.5 Å². The van der Waals surface area contributed by atoms with Gasteiger partial charge in [-0.3, -0.25) is 19.1 Å². The third kappa shape index (κ3) is 4.33. The highest BCUT2D eigenvalue weighted by Gasteiger charge is 2.29. The lowest BCUT2D eigenvalue weighted by Gasteiger charge is -2.29. The van der Waals surface area contributed by atoms with E-state index in [2.05, 4.69) is 33.0 Å². The molecule has 2 aromatic carbocycles. The first-order chi connectivity index (χ1) is 18.4. The zero-order valence-corrected chi connectivity index (χ0v) is 22.9. The van der Waals surface area contributed by atoms with Crippen LogP contribution in [-0.4, -0.2) is 36.5 Å². The van der Waals surface area contributed by atoms with E-state index in [-0.39, 0.29) is 18.0 Å². The third-order valence-corrected chi connectivity index (χ3v) is 8.14. The minimum atomic E-state index is -0.137. The largest absolute Gasteiger partial charge is 0.332 e. The predicted molar refractivity (Wildman–Crippen MR) is 150 cm³/mol. The first-order valence-electron chi connectivity index (χ1n) is 12.3. The van der Waals surface area contributed by atoms with Gasteiger partial charge in [-0.15, -0.1) is 0 Å². The molecule has 0 atom stereocenters. The summed E-state index contributed by atoms with van der Waals surface area (Å²) >= 11 is 9.63. The molecule has 7 nitrogen and oxygen atoms in total. The van der Waals surface area contributed by atoms with Crippen molar-refractivity contribution in [2.45, 2.75) is 26.3 Å². The minimum Gasteiger partial charge on any atom is -0.332 e. The number of benzene rings is 2. The van der Waals surface area contributed by atoms with Crippen LogP contribution in [-0.2, 0) is 19.4 Å². The molecule has 9 heteroatoms. The average Bonchev–Trinajstić information content (AvgIpc) is 3.34. The van der Waals surface area contributed by atoms with Crippen molar-refractivity contribution in [1.29, 1.82) is 0 Å². The van der Waals surface area contributed by atoms with Crippen LogP contribution >= 0.6 is 27.5 Å². The number of nitrogens with zero attached hydrogens (tertiary/aromatic N) is 5. The lowest BCUT2D eigenvalue weighted by atomic mass is 10.0. The number of hydrogen-bond acceptors (Lipinski definition) is 4. The maximum atomic E-state index is 14.0. The van der Waals surface area contributed by atoms with Gasteiger partial charge in [0.05, 0.1) is 35.3 Å². The third-order valence-electron chi connectivity index (χ3n) is 6.91. The molecule has 1 aliphatic rings. The SMILES string of the molecule is Cc1ccc(-n2c(=O)c3c(n4ncc(Cc5ccccc5)c24)CN(C(=O)c2ccc(Br)c(Cl)c2)CC3)cn1. The smallest absolute Gasteiger partial charge is 0.261 e. The van der Waals surface area contributed by atoms with Gasteiger partial charge in [0, 0.05) is 39.8 Å². The molecule has 3 aromatic heterocycles. The molecule has 0 N–H and O–H groups in total. The molecule has 4 heterocycles. The van der Waals surface area contributed by atoms with E-state index in [0.717, 1.165) is 27.0 Å². The van der Waals surface area contributed by atoms with Gasteiger partial charge >= 0.3 is 0 Å². The van der Waals surface area contributed by atoms with E-state index in [1.165, 1.54) is 0 Å². The summed E-state index contributed by atoms with van der Waals surface area (Å²) in [6.07, 6.45) is 4.57. The molecule has 0 saturated carbocycles. The van der Waals surface area contributed by atoms with Crippen LogP contribution < -0.4 is 5.56 Å². The number of fused-ring (bicyclic) bond motifs is 3. The van der Waals surface area contributed by atoms with Crippen molar-refractivity contribution in [2.75, 3.05) is 6.54 Å². The number of carbonyl (C=O) groups excluding carboxylic acids is 1. The summed E-state index contributed by atoms with van der Waals surface area (Å²) < 4.78 is 4.26. The summed E-state index contributed by atoms with van der Waals surface area (Å²) in [7, 11) is 0. The average molecular weight is 589 g/mol. The molecular weight excluding hydrogens is 566 g/mol. The Balaban J connectivity index is 1.49. The van der Waals surface area contributed by atoms with Crippen LogP contribution in [0.3, 0.4) is 0 Å². The monoisotopic (exact) mass is 587 g/mol. The fourth-order valence-electron chi connectivity index (χ4n) is 4.97. The Morgan fingerprint density at radius 2 is 1.89 bits per heavy atom. The van der Waals surface area contributed by atoms with Crippen LogP contribution in [0, 0.1) is 6.92 Å². The molecule has 38 heavy (non-hydrogen) atoms. The van der Waals surface area contributed by atoms with E-state index < -0.39 is 0 Å². The Morgan fingerprint density at radius 1 is 1.08 bits per heavy atom. The number of pyridine rings is 1. The highest BCUT2D eigenvalue weighted by molar-refractivity contribution is 9.10. The standard InChI is InChI=1S/C29H23BrClN5O2/c1-18-7-9-22(16-32-18)35-27-21(13-19-5-3-2-4-6-19)15-33-36(27)26-17-34(12-11-23(26)29(35)38)28(37)20-8-10-24(30)25(31)14-20/h2-10,14-16H,11-13,17H2,1H3. The molecule has 0 aliphatic carbocycles. The van der Waals surface area contributed by atoms with E-state index in [4.69, 9.17) is 16.7 Å². The van der Waals surface area contributed by atoms with Crippen LogP contribution in [0.1, 0.15) is 38.4 Å². The van der Waals surface area contributed by atoms with Crippen LogP contribution in [0.4, 0.5) is 0 Å². The van der Waals surface area contributed by atoms with Crippen molar-refractivity contribution < 1.29 is 4.79 Å². The lowest BCUT2D eigenvalue weighted by Crippen LogP contribution is -2.41. The Bertz CT molecular complexity index is 1750. The van der Waals surface area contributed by atoms with Gasteiger partial charge in [-0.05, 0) is 65.2 Å². The van der Waals surface area contributed by atoms with Crippen molar-refractivity contribution in [1.82, 2.24) is 24.1 Å². The number of amides is 1. The van der Waals surface area contributed by atoms with Crippen LogP contribution in [0.5, 0.6) is 0 Å². The van der Waals surface area contributed by atoms with E-state index in [1.54, 1.807) is 33.9 Å². The van der Waals surface area contributed by atoms with Gasteiger partial charge < -0.3 is 4.90 Å². The number of aryl methyl sites for hydroxylation is 1. The number of carbonyl (C=O) groups is 1. The van der Waals surface area contributed by atoms with Gasteiger partial charge in [-0.25, -0.2) is 4.52 Å². The summed E-state index contributed by atoms with van der Waals surface area (Å²) in [6, 6.07) is 19.1. The Labute approximate surface area is 232 Å². The second kappa shape index (κ2) is 9.85. The summed E-state index contributed by atoms with van der Waals surface area (Å²) in [5.74, 6) is -0.137. The maximum Gasteiger partial charge on any atom is 0.261 e. The Kier molecular flexibility index (Phi) is 6.37. The molecule has 0 spiro atoms. The van der Waals surface area contributed by atoms with Gasteiger partial charge in [0.1, 0.15) is 5.65 Å². The van der Waals surface area contributed by atoms with Crippen LogP contribution in [0.2, 0.25) is 5.02 Å². The number of rotatable bonds is 4. The summed E-state index contributed by atoms with van der Waals surface area (Å²) in [5, 5.41) is 5.21. The molecule has 5 aromatic rings. The normalized spacial score (nSPS) is 13.1. The molecular formula is C29H23BrClN5O2. The zero-order chi connectivity index (χ0) is 26.4. The highest BCUT2D eigenvalue weighted by atomic mass is 79.9. The molecule has 190 valence electrons. The van der Waals surface area contributed by atoms with Crippen LogP contribution in [0.25, 0.3) is 11.3 Å². The van der Waals surface area contributed by atoms with Crippen molar-refractivity contribution in [2.24, 2.45) is 0 Å². The van der Waals surface area contributed by atoms with Crippen molar-refractivity contribution in [3.8, 4) is 5.69 Å². The van der Waals surface area contributed by atoms with Gasteiger partial charge in [0.2, 0.25) is 0 Å². The molecule has 0 saturated heterocycles. The molecule has 0 bridgehead atoms.